The summed E-state index contributed by atoms with van der Waals surface area (Å²) >= 11 is 15.5. The molecule has 1 heterocycles. The number of rotatable bonds is 4. The van der Waals surface area contributed by atoms with Gasteiger partial charge in [-0.3, -0.25) is 14.5 Å². The van der Waals surface area contributed by atoms with E-state index < -0.39 is 29.9 Å². The second kappa shape index (κ2) is 7.73. The minimum Gasteiger partial charge on any atom is -0.323 e. The highest BCUT2D eigenvalue weighted by Crippen LogP contribution is 2.35. The Morgan fingerprint density at radius 3 is 2.57 bits per heavy atom. The Bertz CT molecular complexity index is 998. The molecular weight excluding hydrogens is 469 g/mol. The summed E-state index contributed by atoms with van der Waals surface area (Å²) in [6.45, 7) is 3.04. The maximum atomic E-state index is 12.9. The van der Waals surface area contributed by atoms with Crippen LogP contribution in [0.3, 0.4) is 0 Å². The smallest absolute Gasteiger partial charge is 0.323 e. The van der Waals surface area contributed by atoms with Crippen LogP contribution in [-0.4, -0.2) is 29.3 Å². The summed E-state index contributed by atoms with van der Waals surface area (Å²) < 4.78 is 0.704. The molecule has 146 valence electrons. The van der Waals surface area contributed by atoms with E-state index in [0.717, 1.165) is 10.5 Å². The van der Waals surface area contributed by atoms with Crippen molar-refractivity contribution in [3.05, 3.63) is 62.0 Å². The van der Waals surface area contributed by atoms with Crippen molar-refractivity contribution in [3.63, 3.8) is 0 Å². The number of hydrogen-bond acceptors (Lipinski definition) is 3. The van der Waals surface area contributed by atoms with Gasteiger partial charge in [-0.2, -0.15) is 0 Å². The lowest BCUT2D eigenvalue weighted by Gasteiger charge is -2.23. The minimum atomic E-state index is -1.39. The van der Waals surface area contributed by atoms with Crippen LogP contribution in [0.2, 0.25) is 10.0 Å². The molecular formula is C19H16BrCl2N3O3. The quantitative estimate of drug-likeness (QED) is 0.628. The van der Waals surface area contributed by atoms with Crippen molar-refractivity contribution in [3.8, 4) is 0 Å². The summed E-state index contributed by atoms with van der Waals surface area (Å²) in [7, 11) is 0. The fourth-order valence-corrected chi connectivity index (χ4v) is 4.16. The first-order valence-corrected chi connectivity index (χ1v) is 9.82. The summed E-state index contributed by atoms with van der Waals surface area (Å²) in [5.74, 6) is -1.07. The lowest BCUT2D eigenvalue weighted by molar-refractivity contribution is -0.133. The number of amides is 4. The Kier molecular flexibility index (Phi) is 5.70. The van der Waals surface area contributed by atoms with Gasteiger partial charge in [-0.05, 0) is 59.6 Å². The van der Waals surface area contributed by atoms with Gasteiger partial charge in [-0.15, -0.1) is 0 Å². The number of anilines is 1. The third kappa shape index (κ3) is 3.87. The molecule has 0 radical (unpaired) electrons. The van der Waals surface area contributed by atoms with Gasteiger partial charge in [-0.1, -0.05) is 35.3 Å². The van der Waals surface area contributed by atoms with Crippen LogP contribution in [0.4, 0.5) is 10.5 Å². The SMILES string of the molecule is Cc1ccc(NC(=O)CN2C(=O)NC(C)(c3ccc(Cl)cc3Cl)C2=O)c(Br)c1. The maximum absolute atomic E-state index is 12.9. The third-order valence-electron chi connectivity index (χ3n) is 4.45. The fourth-order valence-electron chi connectivity index (χ4n) is 2.97. The van der Waals surface area contributed by atoms with Crippen molar-refractivity contribution in [1.82, 2.24) is 10.2 Å². The average molecular weight is 485 g/mol. The maximum Gasteiger partial charge on any atom is 0.325 e. The van der Waals surface area contributed by atoms with Gasteiger partial charge in [0.25, 0.3) is 5.91 Å². The molecule has 0 bridgehead atoms. The zero-order valence-corrected chi connectivity index (χ0v) is 18.1. The molecule has 0 spiro atoms. The molecule has 0 aromatic heterocycles. The third-order valence-corrected chi connectivity index (χ3v) is 5.65. The molecule has 2 aromatic rings. The molecule has 28 heavy (non-hydrogen) atoms. The number of hydrogen-bond donors (Lipinski definition) is 2. The highest BCUT2D eigenvalue weighted by atomic mass is 79.9. The molecule has 3 rings (SSSR count). The van der Waals surface area contributed by atoms with Crippen LogP contribution in [0, 0.1) is 6.92 Å². The molecule has 1 saturated heterocycles. The average Bonchev–Trinajstić information content (AvgIpc) is 2.81. The van der Waals surface area contributed by atoms with E-state index in [1.165, 1.54) is 13.0 Å². The highest BCUT2D eigenvalue weighted by Gasteiger charge is 2.50. The Morgan fingerprint density at radius 1 is 1.21 bits per heavy atom. The first kappa shape index (κ1) is 20.6. The number of nitrogens with zero attached hydrogens (tertiary/aromatic N) is 1. The van der Waals surface area contributed by atoms with Crippen molar-refractivity contribution in [1.29, 1.82) is 0 Å². The standard InChI is InChI=1S/C19H16BrCl2N3O3/c1-10-3-6-15(13(20)7-10)23-16(26)9-25-17(27)19(2,24-18(25)28)12-5-4-11(21)8-14(12)22/h3-8H,9H2,1-2H3,(H,23,26)(H,24,28). The number of halogens is 3. The van der Waals surface area contributed by atoms with Gasteiger partial charge >= 0.3 is 6.03 Å². The van der Waals surface area contributed by atoms with E-state index >= 15 is 0 Å². The number of nitrogens with one attached hydrogen (secondary N) is 2. The van der Waals surface area contributed by atoms with Crippen LogP contribution in [-0.2, 0) is 15.1 Å². The number of imide groups is 1. The predicted molar refractivity (Wildman–Crippen MR) is 112 cm³/mol. The number of carbonyl (C=O) groups excluding carboxylic acids is 3. The Morgan fingerprint density at radius 2 is 1.93 bits per heavy atom. The molecule has 1 fully saturated rings. The molecule has 9 heteroatoms. The van der Waals surface area contributed by atoms with Crippen LogP contribution in [0.15, 0.2) is 40.9 Å². The molecule has 4 amide bonds. The lowest BCUT2D eigenvalue weighted by Crippen LogP contribution is -2.42. The number of benzene rings is 2. The van der Waals surface area contributed by atoms with Crippen molar-refractivity contribution >= 4 is 62.7 Å². The molecule has 2 N–H and O–H groups in total. The van der Waals surface area contributed by atoms with Crippen LogP contribution in [0.25, 0.3) is 0 Å². The Labute approximate surface area is 180 Å². The monoisotopic (exact) mass is 483 g/mol. The largest absolute Gasteiger partial charge is 0.325 e. The Balaban J connectivity index is 1.79. The van der Waals surface area contributed by atoms with E-state index in [4.69, 9.17) is 23.2 Å². The normalized spacial score (nSPS) is 19.0. The van der Waals surface area contributed by atoms with E-state index in [-0.39, 0.29) is 5.02 Å². The van der Waals surface area contributed by atoms with Crippen LogP contribution in [0.1, 0.15) is 18.1 Å². The van der Waals surface area contributed by atoms with Gasteiger partial charge in [0, 0.05) is 20.1 Å². The van der Waals surface area contributed by atoms with Gasteiger partial charge in [0.15, 0.2) is 0 Å². The zero-order valence-electron chi connectivity index (χ0n) is 15.0. The van der Waals surface area contributed by atoms with Gasteiger partial charge in [0.05, 0.1) is 5.69 Å². The number of aryl methyl sites for hydroxylation is 1. The van der Waals surface area contributed by atoms with Crippen molar-refractivity contribution in [2.75, 3.05) is 11.9 Å². The predicted octanol–water partition coefficient (Wildman–Crippen LogP) is 4.47. The van der Waals surface area contributed by atoms with Crippen LogP contribution in [0.5, 0.6) is 0 Å². The molecule has 6 nitrogen and oxygen atoms in total. The Hall–Kier alpha value is -2.09. The minimum absolute atomic E-state index is 0.249. The van der Waals surface area contributed by atoms with E-state index in [1.54, 1.807) is 18.2 Å². The van der Waals surface area contributed by atoms with Crippen molar-refractivity contribution < 1.29 is 14.4 Å². The van der Waals surface area contributed by atoms with Crippen molar-refractivity contribution in [2.24, 2.45) is 0 Å². The summed E-state index contributed by atoms with van der Waals surface area (Å²) in [6, 6.07) is 9.41. The summed E-state index contributed by atoms with van der Waals surface area (Å²) in [6.07, 6.45) is 0. The summed E-state index contributed by atoms with van der Waals surface area (Å²) in [4.78, 5) is 38.6. The molecule has 1 unspecified atom stereocenters. The van der Waals surface area contributed by atoms with Gasteiger partial charge in [0.1, 0.15) is 12.1 Å². The van der Waals surface area contributed by atoms with Crippen LogP contribution >= 0.6 is 39.1 Å². The second-order valence-electron chi connectivity index (χ2n) is 6.60. The fraction of sp³-hybridized carbons (Fsp3) is 0.211. The van der Waals surface area contributed by atoms with Gasteiger partial charge < -0.3 is 10.6 Å². The topological polar surface area (TPSA) is 78.5 Å². The molecule has 0 aliphatic carbocycles. The molecule has 1 aliphatic rings. The molecule has 1 aliphatic heterocycles. The number of urea groups is 1. The first-order valence-electron chi connectivity index (χ1n) is 8.27. The molecule has 1 atom stereocenters. The summed E-state index contributed by atoms with van der Waals surface area (Å²) in [5.41, 5.74) is 0.588. The van der Waals surface area contributed by atoms with Crippen molar-refractivity contribution in [2.45, 2.75) is 19.4 Å². The zero-order chi connectivity index (χ0) is 20.6. The summed E-state index contributed by atoms with van der Waals surface area (Å²) in [5, 5.41) is 5.96. The van der Waals surface area contributed by atoms with E-state index in [0.29, 0.717) is 20.7 Å². The van der Waals surface area contributed by atoms with Gasteiger partial charge in [0.2, 0.25) is 5.91 Å². The van der Waals surface area contributed by atoms with E-state index in [1.807, 2.05) is 19.1 Å². The first-order chi connectivity index (χ1) is 13.1. The highest BCUT2D eigenvalue weighted by molar-refractivity contribution is 9.10. The molecule has 2 aromatic carbocycles. The van der Waals surface area contributed by atoms with E-state index in [2.05, 4.69) is 26.6 Å². The van der Waals surface area contributed by atoms with Crippen LogP contribution < -0.4 is 10.6 Å². The molecule has 0 saturated carbocycles. The van der Waals surface area contributed by atoms with Gasteiger partial charge in [-0.25, -0.2) is 4.79 Å². The number of carbonyl (C=O) groups is 3. The van der Waals surface area contributed by atoms with E-state index in [9.17, 15) is 14.4 Å². The second-order valence-corrected chi connectivity index (χ2v) is 8.30. The lowest BCUT2D eigenvalue weighted by atomic mass is 9.92.